The fraction of sp³-hybridized carbons (Fsp3) is 0.545. The maximum Gasteiger partial charge on any atom is 0.246 e. The summed E-state index contributed by atoms with van der Waals surface area (Å²) in [5.41, 5.74) is 1.56. The SMILES string of the molecule is COc1ccc(CCC2CCN(C(=O)[C@H](C)NS(=O)(=O)c3c(C)noc3C)CC2)cc1. The van der Waals surface area contributed by atoms with Gasteiger partial charge in [0.15, 0.2) is 5.76 Å². The standard InChI is InChI=1S/C22H31N3O5S/c1-15-21(17(3)30-23-15)31(27,28)24-16(2)22(26)25-13-11-19(12-14-25)6-5-18-7-9-20(29-4)10-8-18/h7-10,16,19,24H,5-6,11-14H2,1-4H3/t16-/m0/s1. The lowest BCUT2D eigenvalue weighted by Gasteiger charge is -2.33. The van der Waals surface area contributed by atoms with E-state index in [2.05, 4.69) is 22.0 Å². The quantitative estimate of drug-likeness (QED) is 0.665. The highest BCUT2D eigenvalue weighted by Crippen LogP contribution is 2.24. The first-order chi connectivity index (χ1) is 14.7. The summed E-state index contributed by atoms with van der Waals surface area (Å²) in [5, 5.41) is 3.68. The van der Waals surface area contributed by atoms with Crippen LogP contribution in [0.15, 0.2) is 33.7 Å². The second-order valence-electron chi connectivity index (χ2n) is 8.15. The van der Waals surface area contributed by atoms with Crippen LogP contribution in [0.2, 0.25) is 0 Å². The van der Waals surface area contributed by atoms with E-state index in [-0.39, 0.29) is 22.3 Å². The number of hydrogen-bond donors (Lipinski definition) is 1. The molecule has 170 valence electrons. The van der Waals surface area contributed by atoms with E-state index in [4.69, 9.17) is 9.26 Å². The molecular formula is C22H31N3O5S. The van der Waals surface area contributed by atoms with Crippen LogP contribution in [0.5, 0.6) is 5.75 Å². The van der Waals surface area contributed by atoms with E-state index < -0.39 is 16.1 Å². The lowest BCUT2D eigenvalue weighted by atomic mass is 9.90. The summed E-state index contributed by atoms with van der Waals surface area (Å²) >= 11 is 0. The molecule has 0 bridgehead atoms. The van der Waals surface area contributed by atoms with Crippen molar-refractivity contribution in [3.63, 3.8) is 0 Å². The van der Waals surface area contributed by atoms with Crippen LogP contribution in [0.4, 0.5) is 0 Å². The average Bonchev–Trinajstić information content (AvgIpc) is 3.11. The molecule has 9 heteroatoms. The Morgan fingerprint density at radius 1 is 1.26 bits per heavy atom. The summed E-state index contributed by atoms with van der Waals surface area (Å²) < 4.78 is 37.9. The monoisotopic (exact) mass is 449 g/mol. The number of aryl methyl sites for hydroxylation is 3. The zero-order valence-corrected chi connectivity index (χ0v) is 19.4. The van der Waals surface area contributed by atoms with Gasteiger partial charge in [0.05, 0.1) is 13.2 Å². The molecule has 1 saturated heterocycles. The first-order valence-electron chi connectivity index (χ1n) is 10.6. The van der Waals surface area contributed by atoms with Crippen LogP contribution < -0.4 is 9.46 Å². The molecule has 0 unspecified atom stereocenters. The van der Waals surface area contributed by atoms with Crippen LogP contribution in [-0.4, -0.2) is 50.6 Å². The Kier molecular flexibility index (Phi) is 7.38. The Hall–Kier alpha value is -2.39. The molecule has 0 aliphatic carbocycles. The van der Waals surface area contributed by atoms with Crippen molar-refractivity contribution in [1.29, 1.82) is 0 Å². The van der Waals surface area contributed by atoms with Crippen molar-refractivity contribution in [3.8, 4) is 5.75 Å². The number of nitrogens with zero attached hydrogens (tertiary/aromatic N) is 2. The zero-order chi connectivity index (χ0) is 22.6. The van der Waals surface area contributed by atoms with E-state index in [1.54, 1.807) is 25.9 Å². The van der Waals surface area contributed by atoms with Gasteiger partial charge in [-0.2, -0.15) is 4.72 Å². The second kappa shape index (κ2) is 9.82. The van der Waals surface area contributed by atoms with Crippen molar-refractivity contribution < 1.29 is 22.5 Å². The minimum absolute atomic E-state index is 0.00406. The number of methoxy groups -OCH3 is 1. The van der Waals surface area contributed by atoms with Gasteiger partial charge in [-0.05, 0) is 70.1 Å². The van der Waals surface area contributed by atoms with Crippen molar-refractivity contribution >= 4 is 15.9 Å². The molecule has 0 saturated carbocycles. The molecule has 0 radical (unpaired) electrons. The normalized spacial score (nSPS) is 16.3. The molecule has 1 aromatic carbocycles. The lowest BCUT2D eigenvalue weighted by Crippen LogP contribution is -2.49. The largest absolute Gasteiger partial charge is 0.497 e. The van der Waals surface area contributed by atoms with Gasteiger partial charge in [-0.25, -0.2) is 8.42 Å². The highest BCUT2D eigenvalue weighted by Gasteiger charge is 2.31. The molecule has 1 N–H and O–H groups in total. The first-order valence-corrected chi connectivity index (χ1v) is 12.1. The number of carbonyl (C=O) groups excluding carboxylic acids is 1. The van der Waals surface area contributed by atoms with E-state index in [0.29, 0.717) is 19.0 Å². The molecular weight excluding hydrogens is 418 g/mol. The van der Waals surface area contributed by atoms with Gasteiger partial charge in [0.1, 0.15) is 16.3 Å². The first kappa shape index (κ1) is 23.3. The maximum atomic E-state index is 12.8. The van der Waals surface area contributed by atoms with E-state index in [1.165, 1.54) is 12.5 Å². The van der Waals surface area contributed by atoms with E-state index in [1.807, 2.05) is 12.1 Å². The van der Waals surface area contributed by atoms with Gasteiger partial charge in [-0.1, -0.05) is 17.3 Å². The van der Waals surface area contributed by atoms with Crippen LogP contribution >= 0.6 is 0 Å². The molecule has 3 rings (SSSR count). The summed E-state index contributed by atoms with van der Waals surface area (Å²) in [6.07, 6.45) is 3.91. The van der Waals surface area contributed by atoms with E-state index >= 15 is 0 Å². The third-order valence-electron chi connectivity index (χ3n) is 5.87. The van der Waals surface area contributed by atoms with Crippen LogP contribution in [0.3, 0.4) is 0 Å². The van der Waals surface area contributed by atoms with Gasteiger partial charge < -0.3 is 14.2 Å². The highest BCUT2D eigenvalue weighted by molar-refractivity contribution is 7.89. The van der Waals surface area contributed by atoms with Crippen molar-refractivity contribution in [1.82, 2.24) is 14.8 Å². The molecule has 2 aromatic rings. The van der Waals surface area contributed by atoms with E-state index in [9.17, 15) is 13.2 Å². The topological polar surface area (TPSA) is 102 Å². The molecule has 1 amide bonds. The molecule has 1 aliphatic heterocycles. The highest BCUT2D eigenvalue weighted by atomic mass is 32.2. The lowest BCUT2D eigenvalue weighted by molar-refractivity contribution is -0.134. The predicted molar refractivity (Wildman–Crippen MR) is 116 cm³/mol. The Morgan fingerprint density at radius 3 is 2.45 bits per heavy atom. The fourth-order valence-corrected chi connectivity index (χ4v) is 5.61. The molecule has 2 heterocycles. The molecule has 8 nitrogen and oxygen atoms in total. The predicted octanol–water partition coefficient (Wildman–Crippen LogP) is 2.84. The number of rotatable bonds is 8. The zero-order valence-electron chi connectivity index (χ0n) is 18.6. The number of amides is 1. The Morgan fingerprint density at radius 2 is 1.90 bits per heavy atom. The van der Waals surface area contributed by atoms with Crippen LogP contribution in [0.1, 0.15) is 43.2 Å². The number of hydrogen-bond acceptors (Lipinski definition) is 6. The van der Waals surface area contributed by atoms with Crippen LogP contribution in [0, 0.1) is 19.8 Å². The maximum absolute atomic E-state index is 12.8. The van der Waals surface area contributed by atoms with Crippen molar-refractivity contribution in [2.45, 2.75) is 57.4 Å². The third kappa shape index (κ3) is 5.65. The number of piperidine rings is 1. The van der Waals surface area contributed by atoms with Gasteiger partial charge >= 0.3 is 0 Å². The Balaban J connectivity index is 1.49. The number of benzene rings is 1. The third-order valence-corrected chi connectivity index (χ3v) is 7.65. The average molecular weight is 450 g/mol. The van der Waals surface area contributed by atoms with Gasteiger partial charge in [-0.15, -0.1) is 0 Å². The molecule has 0 spiro atoms. The van der Waals surface area contributed by atoms with Gasteiger partial charge in [0.2, 0.25) is 15.9 Å². The number of ether oxygens (including phenoxy) is 1. The summed E-state index contributed by atoms with van der Waals surface area (Å²) in [6, 6.07) is 7.27. The Labute approximate surface area is 184 Å². The number of carbonyl (C=O) groups is 1. The van der Waals surface area contributed by atoms with Gasteiger partial charge in [0.25, 0.3) is 0 Å². The smallest absolute Gasteiger partial charge is 0.246 e. The van der Waals surface area contributed by atoms with Gasteiger partial charge in [0, 0.05) is 13.1 Å². The molecule has 1 fully saturated rings. The van der Waals surface area contributed by atoms with Crippen molar-refractivity contribution in [2.24, 2.45) is 5.92 Å². The number of nitrogens with one attached hydrogen (secondary N) is 1. The van der Waals surface area contributed by atoms with Crippen LogP contribution in [0.25, 0.3) is 0 Å². The number of aromatic nitrogens is 1. The summed E-state index contributed by atoms with van der Waals surface area (Å²) in [5.74, 6) is 1.42. The molecule has 31 heavy (non-hydrogen) atoms. The van der Waals surface area contributed by atoms with Crippen molar-refractivity contribution in [2.75, 3.05) is 20.2 Å². The minimum atomic E-state index is -3.88. The summed E-state index contributed by atoms with van der Waals surface area (Å²) in [6.45, 7) is 5.97. The summed E-state index contributed by atoms with van der Waals surface area (Å²) in [7, 11) is -2.22. The van der Waals surface area contributed by atoms with E-state index in [0.717, 1.165) is 31.4 Å². The van der Waals surface area contributed by atoms with Crippen LogP contribution in [-0.2, 0) is 21.2 Å². The van der Waals surface area contributed by atoms with Gasteiger partial charge in [-0.3, -0.25) is 4.79 Å². The summed E-state index contributed by atoms with van der Waals surface area (Å²) in [4.78, 5) is 14.6. The molecule has 1 aliphatic rings. The number of sulfonamides is 1. The Bertz CT molecular complexity index is 973. The molecule has 1 atom stereocenters. The second-order valence-corrected chi connectivity index (χ2v) is 9.80. The van der Waals surface area contributed by atoms with Crippen molar-refractivity contribution in [3.05, 3.63) is 41.3 Å². The fourth-order valence-electron chi connectivity index (χ4n) is 4.08. The number of likely N-dealkylation sites (tertiary alicyclic amines) is 1. The minimum Gasteiger partial charge on any atom is -0.497 e. The molecule has 1 aromatic heterocycles.